The third kappa shape index (κ3) is 5.75. The van der Waals surface area contributed by atoms with Gasteiger partial charge in [-0.3, -0.25) is 4.79 Å². The summed E-state index contributed by atoms with van der Waals surface area (Å²) in [5.74, 6) is 0.236. The molecule has 1 atom stereocenters. The normalized spacial score (nSPS) is 11.8. The number of nitrogens with zero attached hydrogens (tertiary/aromatic N) is 1. The van der Waals surface area contributed by atoms with E-state index in [0.29, 0.717) is 17.5 Å². The molecule has 0 aliphatic rings. The lowest BCUT2D eigenvalue weighted by atomic mass is 10.0. The Morgan fingerprint density at radius 3 is 2.64 bits per heavy atom. The SMILES string of the molecule is CC(C)C[C@H](N)C(=O)Nc1ncc(Cc2ccccc2)s1.Cl. The van der Waals surface area contributed by atoms with Crippen LogP contribution in [0.5, 0.6) is 0 Å². The van der Waals surface area contributed by atoms with Gasteiger partial charge in [0.05, 0.1) is 6.04 Å². The van der Waals surface area contributed by atoms with E-state index in [1.165, 1.54) is 16.9 Å². The molecule has 1 aromatic heterocycles. The number of hydrogen-bond acceptors (Lipinski definition) is 4. The van der Waals surface area contributed by atoms with Crippen molar-refractivity contribution in [3.05, 3.63) is 47.0 Å². The zero-order chi connectivity index (χ0) is 15.2. The molecule has 1 amide bonds. The van der Waals surface area contributed by atoms with E-state index in [1.54, 1.807) is 6.20 Å². The molecule has 0 spiro atoms. The number of rotatable bonds is 6. The minimum atomic E-state index is -0.480. The number of nitrogens with two attached hydrogens (primary N) is 1. The maximum atomic E-state index is 11.9. The molecule has 0 aliphatic heterocycles. The number of aromatic nitrogens is 1. The molecule has 1 aromatic carbocycles. The molecule has 4 nitrogen and oxygen atoms in total. The summed E-state index contributed by atoms with van der Waals surface area (Å²) in [6.45, 7) is 4.10. The van der Waals surface area contributed by atoms with E-state index in [-0.39, 0.29) is 18.3 Å². The van der Waals surface area contributed by atoms with E-state index in [0.717, 1.165) is 11.3 Å². The van der Waals surface area contributed by atoms with E-state index in [9.17, 15) is 4.79 Å². The quantitative estimate of drug-likeness (QED) is 0.846. The van der Waals surface area contributed by atoms with Gasteiger partial charge in [0, 0.05) is 17.5 Å². The summed E-state index contributed by atoms with van der Waals surface area (Å²) in [4.78, 5) is 17.3. The van der Waals surface area contributed by atoms with Gasteiger partial charge in [0.25, 0.3) is 0 Å². The summed E-state index contributed by atoms with van der Waals surface area (Å²) < 4.78 is 0. The van der Waals surface area contributed by atoms with Gasteiger partial charge in [-0.25, -0.2) is 4.98 Å². The van der Waals surface area contributed by atoms with Gasteiger partial charge < -0.3 is 11.1 Å². The number of benzene rings is 1. The summed E-state index contributed by atoms with van der Waals surface area (Å²) in [5.41, 5.74) is 7.09. The van der Waals surface area contributed by atoms with Crippen LogP contribution in [0.2, 0.25) is 0 Å². The first-order chi connectivity index (χ1) is 10.0. The summed E-state index contributed by atoms with van der Waals surface area (Å²) >= 11 is 1.49. The largest absolute Gasteiger partial charge is 0.320 e. The van der Waals surface area contributed by atoms with Gasteiger partial charge >= 0.3 is 0 Å². The molecule has 6 heteroatoms. The molecular weight excluding hydrogens is 318 g/mol. The monoisotopic (exact) mass is 339 g/mol. The maximum absolute atomic E-state index is 11.9. The molecule has 120 valence electrons. The van der Waals surface area contributed by atoms with E-state index in [2.05, 4.69) is 36.3 Å². The molecule has 0 unspecified atom stereocenters. The number of nitrogens with one attached hydrogen (secondary N) is 1. The van der Waals surface area contributed by atoms with Gasteiger partial charge in [-0.2, -0.15) is 0 Å². The Hall–Kier alpha value is -1.43. The summed E-state index contributed by atoms with van der Waals surface area (Å²) in [7, 11) is 0. The molecular formula is C16H22ClN3OS. The Kier molecular flexibility index (Phi) is 7.51. The molecule has 0 fully saturated rings. The molecule has 22 heavy (non-hydrogen) atoms. The number of amides is 1. The van der Waals surface area contributed by atoms with Crippen LogP contribution in [0.3, 0.4) is 0 Å². The second-order valence-corrected chi connectivity index (χ2v) is 6.63. The minimum absolute atomic E-state index is 0. The fourth-order valence-corrected chi connectivity index (χ4v) is 2.91. The lowest BCUT2D eigenvalue weighted by Gasteiger charge is -2.12. The summed E-state index contributed by atoms with van der Waals surface area (Å²) in [6, 6.07) is 9.71. The molecule has 0 aliphatic carbocycles. The molecule has 2 aromatic rings. The fraction of sp³-hybridized carbons (Fsp3) is 0.375. The van der Waals surface area contributed by atoms with Crippen LogP contribution in [-0.4, -0.2) is 16.9 Å². The van der Waals surface area contributed by atoms with Crippen molar-refractivity contribution in [2.24, 2.45) is 11.7 Å². The molecule has 0 bridgehead atoms. The molecule has 3 N–H and O–H groups in total. The molecule has 0 saturated carbocycles. The first-order valence-electron chi connectivity index (χ1n) is 7.09. The van der Waals surface area contributed by atoms with Crippen LogP contribution in [0.4, 0.5) is 5.13 Å². The third-order valence-corrected chi connectivity index (χ3v) is 3.98. The first kappa shape index (κ1) is 18.6. The number of halogens is 1. The number of thiazole rings is 1. The van der Waals surface area contributed by atoms with E-state index >= 15 is 0 Å². The molecule has 0 saturated heterocycles. The van der Waals surface area contributed by atoms with Crippen LogP contribution in [0.1, 0.15) is 30.7 Å². The number of hydrogen-bond donors (Lipinski definition) is 2. The Morgan fingerprint density at radius 1 is 1.32 bits per heavy atom. The lowest BCUT2D eigenvalue weighted by molar-refractivity contribution is -0.117. The van der Waals surface area contributed by atoms with Crippen LogP contribution in [0.15, 0.2) is 36.5 Å². The van der Waals surface area contributed by atoms with Crippen molar-refractivity contribution in [3.63, 3.8) is 0 Å². The minimum Gasteiger partial charge on any atom is -0.320 e. The Bertz CT molecular complexity index is 586. The van der Waals surface area contributed by atoms with Crippen molar-refractivity contribution >= 4 is 34.8 Å². The second kappa shape index (κ2) is 8.88. The topological polar surface area (TPSA) is 68.0 Å². The molecule has 1 heterocycles. The zero-order valence-corrected chi connectivity index (χ0v) is 14.4. The van der Waals surface area contributed by atoms with E-state index in [4.69, 9.17) is 5.73 Å². The van der Waals surface area contributed by atoms with Crippen molar-refractivity contribution in [2.75, 3.05) is 5.32 Å². The van der Waals surface area contributed by atoms with Gasteiger partial charge in [-0.05, 0) is 17.9 Å². The fourth-order valence-electron chi connectivity index (χ4n) is 2.06. The maximum Gasteiger partial charge on any atom is 0.243 e. The number of carbonyl (C=O) groups excluding carboxylic acids is 1. The predicted octanol–water partition coefficient (Wildman–Crippen LogP) is 3.47. The first-order valence-corrected chi connectivity index (χ1v) is 7.91. The highest BCUT2D eigenvalue weighted by molar-refractivity contribution is 7.15. The summed E-state index contributed by atoms with van der Waals surface area (Å²) in [5, 5.41) is 3.41. The smallest absolute Gasteiger partial charge is 0.243 e. The van der Waals surface area contributed by atoms with Crippen LogP contribution in [0, 0.1) is 5.92 Å². The van der Waals surface area contributed by atoms with Crippen LogP contribution < -0.4 is 11.1 Å². The number of anilines is 1. The van der Waals surface area contributed by atoms with Crippen LogP contribution in [0.25, 0.3) is 0 Å². The van der Waals surface area contributed by atoms with Gasteiger partial charge in [0.1, 0.15) is 0 Å². The predicted molar refractivity (Wildman–Crippen MR) is 94.7 cm³/mol. The van der Waals surface area contributed by atoms with Crippen molar-refractivity contribution in [2.45, 2.75) is 32.7 Å². The average Bonchev–Trinajstić information content (AvgIpc) is 2.86. The van der Waals surface area contributed by atoms with E-state index < -0.39 is 6.04 Å². The van der Waals surface area contributed by atoms with Crippen molar-refractivity contribution < 1.29 is 4.79 Å². The van der Waals surface area contributed by atoms with Gasteiger partial charge in [-0.1, -0.05) is 44.2 Å². The molecule has 0 radical (unpaired) electrons. The standard InChI is InChI=1S/C16H21N3OS.ClH/c1-11(2)8-14(17)15(20)19-16-18-10-13(21-16)9-12-6-4-3-5-7-12;/h3-7,10-11,14H,8-9,17H2,1-2H3,(H,18,19,20);1H/t14-;/m0./s1. The van der Waals surface area contributed by atoms with Crippen LogP contribution >= 0.6 is 23.7 Å². The van der Waals surface area contributed by atoms with Gasteiger partial charge in [0.2, 0.25) is 5.91 Å². The Labute approximate surface area is 141 Å². The highest BCUT2D eigenvalue weighted by Gasteiger charge is 2.16. The van der Waals surface area contributed by atoms with Crippen molar-refractivity contribution in [1.82, 2.24) is 4.98 Å². The number of carbonyl (C=O) groups is 1. The average molecular weight is 340 g/mol. The van der Waals surface area contributed by atoms with Crippen molar-refractivity contribution in [1.29, 1.82) is 0 Å². The third-order valence-electron chi connectivity index (χ3n) is 3.07. The lowest BCUT2D eigenvalue weighted by Crippen LogP contribution is -2.36. The van der Waals surface area contributed by atoms with E-state index in [1.807, 2.05) is 18.2 Å². The summed E-state index contributed by atoms with van der Waals surface area (Å²) in [6.07, 6.45) is 3.31. The van der Waals surface area contributed by atoms with Crippen molar-refractivity contribution in [3.8, 4) is 0 Å². The Balaban J connectivity index is 0.00000242. The zero-order valence-electron chi connectivity index (χ0n) is 12.8. The van der Waals surface area contributed by atoms with Crippen LogP contribution in [-0.2, 0) is 11.2 Å². The highest BCUT2D eigenvalue weighted by atomic mass is 35.5. The highest BCUT2D eigenvalue weighted by Crippen LogP contribution is 2.21. The Morgan fingerprint density at radius 2 is 2.00 bits per heavy atom. The second-order valence-electron chi connectivity index (χ2n) is 5.52. The molecule has 2 rings (SSSR count). The van der Waals surface area contributed by atoms with Gasteiger partial charge in [0.15, 0.2) is 5.13 Å². The van der Waals surface area contributed by atoms with Gasteiger partial charge in [-0.15, -0.1) is 23.7 Å².